The van der Waals surface area contributed by atoms with Crippen LogP contribution < -0.4 is 4.74 Å². The summed E-state index contributed by atoms with van der Waals surface area (Å²) in [5, 5.41) is 1.89. The number of methoxy groups -OCH3 is 1. The average Bonchev–Trinajstić information content (AvgIpc) is 3.36. The molecule has 7 heteroatoms. The molecule has 3 rings (SSSR count). The van der Waals surface area contributed by atoms with Crippen LogP contribution in [-0.4, -0.2) is 35.5 Å². The molecule has 0 bridgehead atoms. The smallest absolute Gasteiger partial charge is 0.340 e. The summed E-state index contributed by atoms with van der Waals surface area (Å²) in [6, 6.07) is 11.4. The third kappa shape index (κ3) is 4.74. The van der Waals surface area contributed by atoms with Crippen molar-refractivity contribution in [2.24, 2.45) is 0 Å². The zero-order valence-corrected chi connectivity index (χ0v) is 18.5. The lowest BCUT2D eigenvalue weighted by Gasteiger charge is -2.22. The summed E-state index contributed by atoms with van der Waals surface area (Å²) in [6.45, 7) is 6.62. The number of hydrogen-bond donors (Lipinski definition) is 1. The molecule has 0 unspecified atom stereocenters. The Labute approximate surface area is 180 Å². The number of carbonyl (C=O) groups excluding carboxylic acids is 2. The van der Waals surface area contributed by atoms with Crippen molar-refractivity contribution in [3.63, 3.8) is 0 Å². The summed E-state index contributed by atoms with van der Waals surface area (Å²) in [6.07, 6.45) is 0. The number of rotatable bonds is 8. The van der Waals surface area contributed by atoms with Crippen LogP contribution in [-0.2, 0) is 17.8 Å². The Morgan fingerprint density at radius 2 is 1.83 bits per heavy atom. The number of esters is 1. The first-order valence-electron chi connectivity index (χ1n) is 9.75. The summed E-state index contributed by atoms with van der Waals surface area (Å²) in [7, 11) is 1.62. The maximum atomic E-state index is 13.2. The van der Waals surface area contributed by atoms with Crippen molar-refractivity contribution < 1.29 is 19.1 Å². The number of ether oxygens (including phenoxy) is 2. The minimum atomic E-state index is -0.346. The Kier molecular flexibility index (Phi) is 6.95. The number of carbonyl (C=O) groups is 2. The zero-order chi connectivity index (χ0) is 21.7. The number of H-pyrrole nitrogens is 1. The van der Waals surface area contributed by atoms with Crippen LogP contribution in [0.5, 0.6) is 5.75 Å². The van der Waals surface area contributed by atoms with Gasteiger partial charge in [-0.1, -0.05) is 18.2 Å². The van der Waals surface area contributed by atoms with Crippen molar-refractivity contribution in [2.45, 2.75) is 33.9 Å². The molecule has 0 aliphatic heterocycles. The van der Waals surface area contributed by atoms with Gasteiger partial charge in [0.05, 0.1) is 30.7 Å². The molecule has 0 saturated heterocycles. The number of aromatic nitrogens is 1. The fourth-order valence-corrected chi connectivity index (χ4v) is 4.07. The van der Waals surface area contributed by atoms with Crippen molar-refractivity contribution in [2.75, 3.05) is 13.7 Å². The van der Waals surface area contributed by atoms with Gasteiger partial charge >= 0.3 is 5.97 Å². The van der Waals surface area contributed by atoms with E-state index in [1.807, 2.05) is 55.6 Å². The van der Waals surface area contributed by atoms with Crippen LogP contribution in [0.3, 0.4) is 0 Å². The van der Waals surface area contributed by atoms with Crippen LogP contribution in [0, 0.1) is 13.8 Å². The van der Waals surface area contributed by atoms with Gasteiger partial charge in [-0.2, -0.15) is 0 Å². The van der Waals surface area contributed by atoms with Crippen LogP contribution in [0.2, 0.25) is 0 Å². The molecule has 3 aromatic rings. The molecule has 1 N–H and O–H groups in total. The highest BCUT2D eigenvalue weighted by molar-refractivity contribution is 7.12. The summed E-state index contributed by atoms with van der Waals surface area (Å²) < 4.78 is 10.4. The minimum Gasteiger partial charge on any atom is -0.497 e. The Hall–Kier alpha value is -3.06. The SMILES string of the molecule is CCOC(=O)c1c(C)[nH]c(CN(Cc2ccc(OC)cc2)C(=O)c2cccs2)c1C. The first kappa shape index (κ1) is 21.6. The highest BCUT2D eigenvalue weighted by atomic mass is 32.1. The average molecular weight is 427 g/mol. The lowest BCUT2D eigenvalue weighted by Crippen LogP contribution is -2.30. The molecule has 158 valence electrons. The molecule has 1 aromatic carbocycles. The second kappa shape index (κ2) is 9.63. The summed E-state index contributed by atoms with van der Waals surface area (Å²) in [5.74, 6) is 0.372. The molecule has 1 amide bonds. The van der Waals surface area contributed by atoms with E-state index in [1.165, 1.54) is 11.3 Å². The quantitative estimate of drug-likeness (QED) is 0.529. The van der Waals surface area contributed by atoms with E-state index < -0.39 is 0 Å². The highest BCUT2D eigenvalue weighted by Gasteiger charge is 2.23. The van der Waals surface area contributed by atoms with E-state index in [2.05, 4.69) is 4.98 Å². The number of amides is 1. The van der Waals surface area contributed by atoms with Gasteiger partial charge in [-0.3, -0.25) is 4.79 Å². The van der Waals surface area contributed by atoms with Gasteiger partial charge in [0.15, 0.2) is 0 Å². The maximum Gasteiger partial charge on any atom is 0.340 e. The predicted octanol–water partition coefficient (Wildman–Crippen LogP) is 4.72. The molecule has 0 saturated carbocycles. The largest absolute Gasteiger partial charge is 0.497 e. The zero-order valence-electron chi connectivity index (χ0n) is 17.7. The van der Waals surface area contributed by atoms with Crippen LogP contribution in [0.15, 0.2) is 41.8 Å². The maximum absolute atomic E-state index is 13.2. The topological polar surface area (TPSA) is 71.6 Å². The molecule has 0 aliphatic rings. The number of thiophene rings is 1. The number of hydrogen-bond acceptors (Lipinski definition) is 5. The number of aryl methyl sites for hydroxylation is 1. The Balaban J connectivity index is 1.90. The Bertz CT molecular complexity index is 1010. The second-order valence-corrected chi connectivity index (χ2v) is 7.88. The highest BCUT2D eigenvalue weighted by Crippen LogP contribution is 2.23. The van der Waals surface area contributed by atoms with E-state index in [0.717, 1.165) is 28.3 Å². The van der Waals surface area contributed by atoms with Crippen molar-refractivity contribution in [3.8, 4) is 5.75 Å². The van der Waals surface area contributed by atoms with Gasteiger partial charge in [0.25, 0.3) is 5.91 Å². The third-order valence-electron chi connectivity index (χ3n) is 4.92. The number of nitrogens with one attached hydrogen (secondary N) is 1. The van der Waals surface area contributed by atoms with Crippen molar-refractivity contribution in [3.05, 3.63) is 74.7 Å². The van der Waals surface area contributed by atoms with E-state index >= 15 is 0 Å². The second-order valence-electron chi connectivity index (χ2n) is 6.94. The molecular formula is C23H26N2O4S. The van der Waals surface area contributed by atoms with Crippen LogP contribution in [0.25, 0.3) is 0 Å². The Morgan fingerprint density at radius 3 is 2.43 bits per heavy atom. The van der Waals surface area contributed by atoms with Crippen molar-refractivity contribution in [1.29, 1.82) is 0 Å². The van der Waals surface area contributed by atoms with Gasteiger partial charge in [-0.15, -0.1) is 11.3 Å². The molecular weight excluding hydrogens is 400 g/mol. The fraction of sp³-hybridized carbons (Fsp3) is 0.304. The van der Waals surface area contributed by atoms with Crippen molar-refractivity contribution >= 4 is 23.2 Å². The summed E-state index contributed by atoms with van der Waals surface area (Å²) >= 11 is 1.42. The van der Waals surface area contributed by atoms with Crippen LogP contribution in [0.1, 0.15) is 49.5 Å². The molecule has 6 nitrogen and oxygen atoms in total. The first-order chi connectivity index (χ1) is 14.4. The van der Waals surface area contributed by atoms with Gasteiger partial charge in [0, 0.05) is 17.9 Å². The number of nitrogens with zero attached hydrogens (tertiary/aromatic N) is 1. The molecule has 2 heterocycles. The first-order valence-corrected chi connectivity index (χ1v) is 10.6. The molecule has 0 atom stereocenters. The van der Waals surface area contributed by atoms with Gasteiger partial charge in [0.2, 0.25) is 0 Å². The van der Waals surface area contributed by atoms with Gasteiger partial charge in [-0.05, 0) is 55.5 Å². The number of aromatic amines is 1. The van der Waals surface area contributed by atoms with E-state index in [-0.39, 0.29) is 11.9 Å². The van der Waals surface area contributed by atoms with Crippen LogP contribution in [0.4, 0.5) is 0 Å². The van der Waals surface area contributed by atoms with E-state index in [1.54, 1.807) is 18.9 Å². The molecule has 0 aliphatic carbocycles. The van der Waals surface area contributed by atoms with Crippen LogP contribution >= 0.6 is 11.3 Å². The lowest BCUT2D eigenvalue weighted by atomic mass is 10.1. The fourth-order valence-electron chi connectivity index (χ4n) is 3.38. The summed E-state index contributed by atoms with van der Waals surface area (Å²) in [4.78, 5) is 31.2. The third-order valence-corrected chi connectivity index (χ3v) is 5.78. The van der Waals surface area contributed by atoms with E-state index in [0.29, 0.717) is 30.1 Å². The normalized spacial score (nSPS) is 10.7. The molecule has 0 radical (unpaired) electrons. The van der Waals surface area contributed by atoms with Gasteiger partial charge in [-0.25, -0.2) is 4.79 Å². The minimum absolute atomic E-state index is 0.0508. The monoisotopic (exact) mass is 426 g/mol. The van der Waals surface area contributed by atoms with Gasteiger partial charge in [0.1, 0.15) is 5.75 Å². The molecule has 0 spiro atoms. The van der Waals surface area contributed by atoms with E-state index in [4.69, 9.17) is 9.47 Å². The molecule has 30 heavy (non-hydrogen) atoms. The predicted molar refractivity (Wildman–Crippen MR) is 117 cm³/mol. The standard InChI is InChI=1S/C23H26N2O4S/c1-5-29-23(27)21-15(2)19(24-16(21)3)14-25(22(26)20-7-6-12-30-20)13-17-8-10-18(28-4)11-9-17/h6-12,24H,5,13-14H2,1-4H3. The Morgan fingerprint density at radius 1 is 1.10 bits per heavy atom. The molecule has 0 fully saturated rings. The lowest BCUT2D eigenvalue weighted by molar-refractivity contribution is 0.0525. The van der Waals surface area contributed by atoms with Gasteiger partial charge < -0.3 is 19.4 Å². The van der Waals surface area contributed by atoms with Crippen molar-refractivity contribution in [1.82, 2.24) is 9.88 Å². The summed E-state index contributed by atoms with van der Waals surface area (Å²) in [5.41, 5.74) is 3.92. The number of benzene rings is 1. The molecule has 2 aromatic heterocycles. The van der Waals surface area contributed by atoms with E-state index in [9.17, 15) is 9.59 Å².